The van der Waals surface area contributed by atoms with Crippen LogP contribution in [0.2, 0.25) is 0 Å². The van der Waals surface area contributed by atoms with Gasteiger partial charge in [-0.2, -0.15) is 0 Å². The van der Waals surface area contributed by atoms with Crippen LogP contribution in [0.3, 0.4) is 0 Å². The minimum atomic E-state index is 0.629. The maximum absolute atomic E-state index is 3.54. The van der Waals surface area contributed by atoms with Gasteiger partial charge in [-0.25, -0.2) is 0 Å². The molecule has 0 radical (unpaired) electrons. The SMILES string of the molecule is c1ccc(N2CC[C@@H](N3CCCC4(CCNCC4)C3)C2)cc1. The number of likely N-dealkylation sites (tertiary alicyclic amines) is 1. The first kappa shape index (κ1) is 14.5. The van der Waals surface area contributed by atoms with Crippen LogP contribution in [0.4, 0.5) is 5.69 Å². The van der Waals surface area contributed by atoms with Gasteiger partial charge in [0.25, 0.3) is 0 Å². The molecule has 3 saturated heterocycles. The summed E-state index contributed by atoms with van der Waals surface area (Å²) < 4.78 is 0. The van der Waals surface area contributed by atoms with Crippen LogP contribution in [-0.2, 0) is 0 Å². The molecule has 3 heteroatoms. The highest BCUT2D eigenvalue weighted by atomic mass is 15.3. The van der Waals surface area contributed by atoms with Crippen molar-refractivity contribution in [2.75, 3.05) is 44.2 Å². The van der Waals surface area contributed by atoms with Crippen LogP contribution >= 0.6 is 0 Å². The van der Waals surface area contributed by atoms with Crippen LogP contribution in [0.5, 0.6) is 0 Å². The number of nitrogens with one attached hydrogen (secondary N) is 1. The normalized spacial score (nSPS) is 29.1. The third-order valence-corrected chi connectivity index (χ3v) is 6.16. The molecule has 0 saturated carbocycles. The number of piperidine rings is 2. The van der Waals surface area contributed by atoms with E-state index in [1.807, 2.05) is 0 Å². The Labute approximate surface area is 134 Å². The third kappa shape index (κ3) is 2.89. The monoisotopic (exact) mass is 299 g/mol. The van der Waals surface area contributed by atoms with Crippen molar-refractivity contribution in [3.63, 3.8) is 0 Å². The number of hydrogen-bond donors (Lipinski definition) is 1. The molecule has 3 aliphatic rings. The third-order valence-electron chi connectivity index (χ3n) is 6.16. The van der Waals surface area contributed by atoms with Crippen molar-refractivity contribution >= 4 is 5.69 Å². The van der Waals surface area contributed by atoms with Gasteiger partial charge in [0.05, 0.1) is 0 Å². The standard InChI is InChI=1S/C19H29N3/c1-2-5-17(6-3-1)21-14-7-18(15-21)22-13-4-8-19(16-22)9-11-20-12-10-19/h1-3,5-6,18,20H,4,7-16H2/t18-/m1/s1. The summed E-state index contributed by atoms with van der Waals surface area (Å²) in [4.78, 5) is 5.41. The van der Waals surface area contributed by atoms with E-state index in [1.54, 1.807) is 0 Å². The average molecular weight is 299 g/mol. The van der Waals surface area contributed by atoms with Gasteiger partial charge in [0.2, 0.25) is 0 Å². The van der Waals surface area contributed by atoms with E-state index in [9.17, 15) is 0 Å². The van der Waals surface area contributed by atoms with Crippen LogP contribution in [0, 0.1) is 5.41 Å². The second-order valence-corrected chi connectivity index (χ2v) is 7.55. The lowest BCUT2D eigenvalue weighted by Crippen LogP contribution is -2.52. The van der Waals surface area contributed by atoms with E-state index in [4.69, 9.17) is 0 Å². The molecular formula is C19H29N3. The van der Waals surface area contributed by atoms with Crippen LogP contribution in [0.1, 0.15) is 32.1 Å². The Bertz CT molecular complexity index is 475. The number of benzene rings is 1. The van der Waals surface area contributed by atoms with Crippen LogP contribution in [0.15, 0.2) is 30.3 Å². The highest BCUT2D eigenvalue weighted by Gasteiger charge is 2.39. The largest absolute Gasteiger partial charge is 0.370 e. The molecule has 1 aromatic rings. The average Bonchev–Trinajstić information content (AvgIpc) is 3.07. The smallest absolute Gasteiger partial charge is 0.0366 e. The molecule has 22 heavy (non-hydrogen) atoms. The molecule has 1 spiro atoms. The Morgan fingerprint density at radius 3 is 2.64 bits per heavy atom. The first-order valence-electron chi connectivity index (χ1n) is 9.10. The fraction of sp³-hybridized carbons (Fsp3) is 0.684. The minimum absolute atomic E-state index is 0.629. The zero-order valence-corrected chi connectivity index (χ0v) is 13.6. The Morgan fingerprint density at radius 1 is 1.00 bits per heavy atom. The maximum atomic E-state index is 3.54. The van der Waals surface area contributed by atoms with Gasteiger partial charge >= 0.3 is 0 Å². The second kappa shape index (κ2) is 6.21. The molecule has 1 atom stereocenters. The van der Waals surface area contributed by atoms with Gasteiger partial charge < -0.3 is 10.2 Å². The first-order chi connectivity index (χ1) is 10.8. The predicted octanol–water partition coefficient (Wildman–Crippen LogP) is 2.73. The number of anilines is 1. The summed E-state index contributed by atoms with van der Waals surface area (Å²) in [5.74, 6) is 0. The summed E-state index contributed by atoms with van der Waals surface area (Å²) in [7, 11) is 0. The number of rotatable bonds is 2. The fourth-order valence-electron chi connectivity index (χ4n) is 4.84. The fourth-order valence-corrected chi connectivity index (χ4v) is 4.84. The molecule has 1 aromatic carbocycles. The summed E-state index contributed by atoms with van der Waals surface area (Å²) >= 11 is 0. The van der Waals surface area contributed by atoms with E-state index in [-0.39, 0.29) is 0 Å². The van der Waals surface area contributed by atoms with E-state index in [2.05, 4.69) is 45.4 Å². The maximum Gasteiger partial charge on any atom is 0.0366 e. The van der Waals surface area contributed by atoms with Gasteiger partial charge in [0.1, 0.15) is 0 Å². The summed E-state index contributed by atoms with van der Waals surface area (Å²) in [6.45, 7) is 7.58. The van der Waals surface area contributed by atoms with Crippen molar-refractivity contribution in [1.82, 2.24) is 10.2 Å². The molecule has 3 fully saturated rings. The van der Waals surface area contributed by atoms with Gasteiger partial charge in [0, 0.05) is 31.4 Å². The van der Waals surface area contributed by atoms with Crippen molar-refractivity contribution in [1.29, 1.82) is 0 Å². The highest BCUT2D eigenvalue weighted by molar-refractivity contribution is 5.47. The molecule has 0 amide bonds. The summed E-state index contributed by atoms with van der Waals surface area (Å²) in [5, 5.41) is 3.54. The lowest BCUT2D eigenvalue weighted by molar-refractivity contribution is 0.0383. The summed E-state index contributed by atoms with van der Waals surface area (Å²) in [6, 6.07) is 11.7. The van der Waals surface area contributed by atoms with E-state index in [0.717, 1.165) is 6.04 Å². The van der Waals surface area contributed by atoms with Crippen molar-refractivity contribution in [3.8, 4) is 0 Å². The molecule has 3 aliphatic heterocycles. The quantitative estimate of drug-likeness (QED) is 0.906. The predicted molar refractivity (Wildman–Crippen MR) is 92.4 cm³/mol. The number of para-hydroxylation sites is 1. The molecule has 1 N–H and O–H groups in total. The molecule has 120 valence electrons. The Hall–Kier alpha value is -1.06. The van der Waals surface area contributed by atoms with E-state index in [0.29, 0.717) is 5.41 Å². The Balaban J connectivity index is 1.40. The molecule has 0 aromatic heterocycles. The first-order valence-corrected chi connectivity index (χ1v) is 9.10. The second-order valence-electron chi connectivity index (χ2n) is 7.55. The molecule has 0 bridgehead atoms. The van der Waals surface area contributed by atoms with E-state index < -0.39 is 0 Å². The van der Waals surface area contributed by atoms with Crippen molar-refractivity contribution in [2.45, 2.75) is 38.1 Å². The van der Waals surface area contributed by atoms with Gasteiger partial charge in [-0.3, -0.25) is 4.90 Å². The molecule has 0 aliphatic carbocycles. The van der Waals surface area contributed by atoms with Gasteiger partial charge in [-0.15, -0.1) is 0 Å². The van der Waals surface area contributed by atoms with E-state index in [1.165, 1.54) is 77.1 Å². The lowest BCUT2D eigenvalue weighted by atomic mass is 9.72. The molecule has 0 unspecified atom stereocenters. The van der Waals surface area contributed by atoms with Crippen molar-refractivity contribution < 1.29 is 0 Å². The van der Waals surface area contributed by atoms with E-state index >= 15 is 0 Å². The Morgan fingerprint density at radius 2 is 1.82 bits per heavy atom. The summed E-state index contributed by atoms with van der Waals surface area (Å²) in [5.41, 5.74) is 2.03. The highest BCUT2D eigenvalue weighted by Crippen LogP contribution is 2.39. The summed E-state index contributed by atoms with van der Waals surface area (Å²) in [6.07, 6.45) is 6.97. The van der Waals surface area contributed by atoms with Crippen molar-refractivity contribution in [3.05, 3.63) is 30.3 Å². The molecular weight excluding hydrogens is 270 g/mol. The molecule has 4 rings (SSSR count). The van der Waals surface area contributed by atoms with Gasteiger partial charge in [-0.1, -0.05) is 18.2 Å². The van der Waals surface area contributed by atoms with Gasteiger partial charge in [-0.05, 0) is 69.3 Å². The van der Waals surface area contributed by atoms with Crippen molar-refractivity contribution in [2.24, 2.45) is 5.41 Å². The molecule has 3 heterocycles. The zero-order valence-electron chi connectivity index (χ0n) is 13.6. The topological polar surface area (TPSA) is 18.5 Å². The minimum Gasteiger partial charge on any atom is -0.370 e. The lowest BCUT2D eigenvalue weighted by Gasteiger charge is -2.47. The van der Waals surface area contributed by atoms with Crippen LogP contribution < -0.4 is 10.2 Å². The number of nitrogens with zero attached hydrogens (tertiary/aromatic N) is 2. The van der Waals surface area contributed by atoms with Crippen LogP contribution in [0.25, 0.3) is 0 Å². The molecule has 3 nitrogen and oxygen atoms in total. The van der Waals surface area contributed by atoms with Gasteiger partial charge in [0.15, 0.2) is 0 Å². The Kier molecular flexibility index (Phi) is 4.10. The van der Waals surface area contributed by atoms with Crippen LogP contribution in [-0.4, -0.2) is 50.2 Å². The number of hydrogen-bond acceptors (Lipinski definition) is 3. The zero-order chi connectivity index (χ0) is 14.8.